The van der Waals surface area contributed by atoms with Crippen LogP contribution in [0.4, 0.5) is 0 Å². The molecule has 4 aromatic rings. The molecule has 0 atom stereocenters. The second kappa shape index (κ2) is 11.3. The molecule has 6 nitrogen and oxygen atoms in total. The molecule has 34 heavy (non-hydrogen) atoms. The summed E-state index contributed by atoms with van der Waals surface area (Å²) < 4.78 is 7.61. The van der Waals surface area contributed by atoms with Crippen molar-refractivity contribution in [2.45, 2.75) is 20.0 Å². The number of benzene rings is 2. The predicted octanol–water partition coefficient (Wildman–Crippen LogP) is 3.71. The number of hydrogen-bond acceptors (Lipinski definition) is 5. The van der Waals surface area contributed by atoms with Gasteiger partial charge in [-0.1, -0.05) is 24.1 Å². The quantitative estimate of drug-likeness (QED) is 0.255. The van der Waals surface area contributed by atoms with Gasteiger partial charge in [-0.3, -0.25) is 4.79 Å². The number of aromatic nitrogens is 1. The van der Waals surface area contributed by atoms with Crippen LogP contribution in [0.15, 0.2) is 47.8 Å². The lowest BCUT2D eigenvalue weighted by molar-refractivity contribution is -0.115. The molecule has 2 heterocycles. The number of aryl methyl sites for hydroxylation is 1. The van der Waals surface area contributed by atoms with E-state index in [-0.39, 0.29) is 5.91 Å². The smallest absolute Gasteiger partial charge is 0.296 e. The van der Waals surface area contributed by atoms with Crippen LogP contribution in [0.3, 0.4) is 0 Å². The molecule has 4 N–H and O–H groups in total. The molecule has 1 amide bonds. The van der Waals surface area contributed by atoms with E-state index >= 15 is 0 Å². The van der Waals surface area contributed by atoms with Gasteiger partial charge in [0, 0.05) is 69.7 Å². The topological polar surface area (TPSA) is 81.3 Å². The summed E-state index contributed by atoms with van der Waals surface area (Å²) in [6.07, 6.45) is 0. The summed E-state index contributed by atoms with van der Waals surface area (Å²) in [4.78, 5) is 13.1. The van der Waals surface area contributed by atoms with Crippen LogP contribution >= 0.6 is 11.3 Å². The molecule has 7 heteroatoms. The molecule has 0 radical (unpaired) electrons. The van der Waals surface area contributed by atoms with Crippen molar-refractivity contribution in [3.63, 3.8) is 0 Å². The van der Waals surface area contributed by atoms with Gasteiger partial charge < -0.3 is 25.7 Å². The van der Waals surface area contributed by atoms with E-state index in [4.69, 9.17) is 10.5 Å². The highest BCUT2D eigenvalue weighted by atomic mass is 32.1. The van der Waals surface area contributed by atoms with Crippen molar-refractivity contribution in [2.75, 3.05) is 33.4 Å². The van der Waals surface area contributed by atoms with E-state index in [0.29, 0.717) is 26.3 Å². The van der Waals surface area contributed by atoms with Crippen LogP contribution in [0.5, 0.6) is 0 Å². The zero-order valence-corrected chi connectivity index (χ0v) is 20.4. The minimum absolute atomic E-state index is 0.310. The van der Waals surface area contributed by atoms with Gasteiger partial charge in [0.1, 0.15) is 0 Å². The third kappa shape index (κ3) is 5.32. The van der Waals surface area contributed by atoms with Crippen LogP contribution in [-0.2, 0) is 22.6 Å². The number of thiophene rings is 1. The van der Waals surface area contributed by atoms with Gasteiger partial charge in [-0.05, 0) is 49.4 Å². The molecule has 0 unspecified atom stereocenters. The van der Waals surface area contributed by atoms with Gasteiger partial charge in [-0.2, -0.15) is 0 Å². The number of amides is 1. The normalized spacial score (nSPS) is 11.0. The lowest BCUT2D eigenvalue weighted by Crippen LogP contribution is -2.26. The molecule has 0 saturated heterocycles. The average Bonchev–Trinajstić information content (AvgIpc) is 3.44. The van der Waals surface area contributed by atoms with Crippen molar-refractivity contribution in [2.24, 2.45) is 5.73 Å². The van der Waals surface area contributed by atoms with Crippen molar-refractivity contribution in [3.05, 3.63) is 59.0 Å². The fraction of sp³-hybridized carbons (Fsp3) is 0.296. The Kier molecular flexibility index (Phi) is 7.99. The monoisotopic (exact) mass is 474 g/mol. The Morgan fingerprint density at radius 2 is 2.00 bits per heavy atom. The maximum absolute atomic E-state index is 11.9. The van der Waals surface area contributed by atoms with Crippen LogP contribution in [-0.4, -0.2) is 43.8 Å². The van der Waals surface area contributed by atoms with E-state index in [1.165, 1.54) is 27.4 Å². The zero-order valence-electron chi connectivity index (χ0n) is 19.6. The first-order valence-corrected chi connectivity index (χ1v) is 12.4. The number of carbonyl (C=O) groups is 1. The van der Waals surface area contributed by atoms with E-state index in [1.807, 2.05) is 18.5 Å². The van der Waals surface area contributed by atoms with Crippen molar-refractivity contribution in [1.82, 2.24) is 15.2 Å². The van der Waals surface area contributed by atoms with E-state index in [0.717, 1.165) is 29.1 Å². The second-order valence-corrected chi connectivity index (χ2v) is 8.88. The molecule has 2 aromatic heterocycles. The molecule has 2 aromatic carbocycles. The Hall–Kier alpha value is -3.15. The summed E-state index contributed by atoms with van der Waals surface area (Å²) in [6.45, 7) is 5.75. The number of hydrogen-bond donors (Lipinski definition) is 3. The van der Waals surface area contributed by atoms with Crippen molar-refractivity contribution < 1.29 is 9.53 Å². The molecule has 0 saturated carbocycles. The van der Waals surface area contributed by atoms with Crippen molar-refractivity contribution >= 4 is 39.0 Å². The number of nitrogens with zero attached hydrogens (tertiary/aromatic N) is 1. The van der Waals surface area contributed by atoms with Gasteiger partial charge in [0.15, 0.2) is 0 Å². The molecular weight excluding hydrogens is 444 g/mol. The van der Waals surface area contributed by atoms with E-state index in [2.05, 4.69) is 70.4 Å². The minimum atomic E-state index is -0.310. The zero-order chi connectivity index (χ0) is 23.9. The van der Waals surface area contributed by atoms with E-state index in [9.17, 15) is 4.79 Å². The van der Waals surface area contributed by atoms with Crippen LogP contribution in [0.2, 0.25) is 0 Å². The third-order valence-corrected chi connectivity index (χ3v) is 6.61. The third-order valence-electron chi connectivity index (χ3n) is 5.63. The van der Waals surface area contributed by atoms with Gasteiger partial charge in [-0.25, -0.2) is 0 Å². The van der Waals surface area contributed by atoms with Gasteiger partial charge in [-0.15, -0.1) is 11.3 Å². The average molecular weight is 475 g/mol. The van der Waals surface area contributed by atoms with E-state index < -0.39 is 0 Å². The van der Waals surface area contributed by atoms with Crippen LogP contribution < -0.4 is 16.4 Å². The summed E-state index contributed by atoms with van der Waals surface area (Å²) in [5.41, 5.74) is 11.1. The van der Waals surface area contributed by atoms with Crippen molar-refractivity contribution in [3.8, 4) is 22.3 Å². The number of fused-ring (bicyclic) bond motifs is 3. The number of nitrogens with one attached hydrogen (secondary N) is 2. The highest BCUT2D eigenvalue weighted by Crippen LogP contribution is 2.35. The van der Waals surface area contributed by atoms with Crippen LogP contribution in [0.1, 0.15) is 18.1 Å². The largest absolute Gasteiger partial charge is 0.378 e. The fourth-order valence-corrected chi connectivity index (χ4v) is 4.94. The van der Waals surface area contributed by atoms with E-state index in [1.54, 1.807) is 11.3 Å². The van der Waals surface area contributed by atoms with Gasteiger partial charge >= 0.3 is 0 Å². The highest BCUT2D eigenvalue weighted by molar-refractivity contribution is 7.13. The SMILES string of the molecule is CCn1c2ccc(CNC)cc2c2ccc(-c3cc(C#CC(=O)NCCOCCN)cs3)cc21. The standard InChI is InChI=1S/C27H30N4O2S/c1-3-31-24-8-4-19(17-29-2)14-23(24)22-7-6-21(16-25(22)31)26-15-20(18-34-26)5-9-27(32)30-11-13-33-12-10-28/h4,6-8,14-16,18,29H,3,10-13,17,28H2,1-2H3,(H,30,32). The first-order valence-electron chi connectivity index (χ1n) is 11.5. The Labute approximate surface area is 204 Å². The second-order valence-electron chi connectivity index (χ2n) is 7.96. The first kappa shape index (κ1) is 24.0. The Bertz CT molecular complexity index is 1360. The van der Waals surface area contributed by atoms with Crippen LogP contribution in [0.25, 0.3) is 32.2 Å². The maximum atomic E-state index is 11.9. The Morgan fingerprint density at radius 3 is 2.79 bits per heavy atom. The summed E-state index contributed by atoms with van der Waals surface area (Å²) in [6, 6.07) is 15.4. The molecule has 0 fully saturated rings. The van der Waals surface area contributed by atoms with Crippen molar-refractivity contribution in [1.29, 1.82) is 0 Å². The molecule has 4 rings (SSSR count). The molecule has 0 bridgehead atoms. The van der Waals surface area contributed by atoms with Gasteiger partial charge in [0.05, 0.1) is 13.2 Å². The Balaban J connectivity index is 1.55. The summed E-state index contributed by atoms with van der Waals surface area (Å²) in [5, 5.41) is 10.5. The lowest BCUT2D eigenvalue weighted by Gasteiger charge is -2.05. The summed E-state index contributed by atoms with van der Waals surface area (Å²) >= 11 is 1.64. The fourth-order valence-electron chi connectivity index (χ4n) is 4.10. The molecule has 0 aliphatic heterocycles. The van der Waals surface area contributed by atoms with Gasteiger partial charge in [0.2, 0.25) is 0 Å². The minimum Gasteiger partial charge on any atom is -0.378 e. The summed E-state index contributed by atoms with van der Waals surface area (Å²) in [5.74, 6) is 5.31. The molecular formula is C27H30N4O2S. The lowest BCUT2D eigenvalue weighted by atomic mass is 10.1. The summed E-state index contributed by atoms with van der Waals surface area (Å²) in [7, 11) is 1.97. The predicted molar refractivity (Wildman–Crippen MR) is 141 cm³/mol. The van der Waals surface area contributed by atoms with Crippen LogP contribution in [0, 0.1) is 11.8 Å². The first-order chi connectivity index (χ1) is 16.6. The molecule has 0 aliphatic carbocycles. The number of ether oxygens (including phenoxy) is 1. The number of nitrogens with two attached hydrogens (primary N) is 1. The molecule has 0 spiro atoms. The highest BCUT2D eigenvalue weighted by Gasteiger charge is 2.12. The van der Waals surface area contributed by atoms with Gasteiger partial charge in [0.25, 0.3) is 5.91 Å². The molecule has 0 aliphatic rings. The Morgan fingerprint density at radius 1 is 1.12 bits per heavy atom. The number of carbonyl (C=O) groups excluding carboxylic acids is 1. The molecule has 176 valence electrons. The number of rotatable bonds is 9. The maximum Gasteiger partial charge on any atom is 0.296 e.